The second kappa shape index (κ2) is 4.17. The molecule has 0 bridgehead atoms. The monoisotopic (exact) mass is 198 g/mol. The molecule has 0 unspecified atom stereocenters. The Hall–Kier alpha value is -0.770. The lowest BCUT2D eigenvalue weighted by Crippen LogP contribution is -2.61. The Bertz CT molecular complexity index is 208. The average Bonchev–Trinajstić information content (AvgIpc) is 2.17. The largest absolute Gasteiger partial charge is 0.453 e. The van der Waals surface area contributed by atoms with Crippen LogP contribution in [0.4, 0.5) is 4.79 Å². The zero-order chi connectivity index (χ0) is 9.97. The van der Waals surface area contributed by atoms with Gasteiger partial charge in [-0.2, -0.15) is 0 Å². The van der Waals surface area contributed by atoms with E-state index in [1.165, 1.54) is 39.5 Å². The predicted octanol–water partition coefficient (Wildman–Crippen LogP) is 0.923. The molecule has 1 amide bonds. The molecule has 0 radical (unpaired) electrons. The van der Waals surface area contributed by atoms with Gasteiger partial charge in [0.05, 0.1) is 7.11 Å². The summed E-state index contributed by atoms with van der Waals surface area (Å²) >= 11 is 0. The Morgan fingerprint density at radius 3 is 2.43 bits per heavy atom. The number of carbonyl (C=O) groups excluding carboxylic acids is 1. The summed E-state index contributed by atoms with van der Waals surface area (Å²) < 4.78 is 4.66. The van der Waals surface area contributed by atoms with E-state index in [0.717, 1.165) is 13.1 Å². The van der Waals surface area contributed by atoms with Gasteiger partial charge < -0.3 is 9.64 Å². The number of hydrogen-bond donors (Lipinski definition) is 0. The van der Waals surface area contributed by atoms with Crippen LogP contribution < -0.4 is 0 Å². The maximum absolute atomic E-state index is 11.1. The van der Waals surface area contributed by atoms with Gasteiger partial charge in [-0.3, -0.25) is 4.90 Å². The van der Waals surface area contributed by atoms with Crippen LogP contribution >= 0.6 is 0 Å². The molecular weight excluding hydrogens is 180 g/mol. The minimum absolute atomic E-state index is 0.182. The van der Waals surface area contributed by atoms with Crippen molar-refractivity contribution in [1.29, 1.82) is 0 Å². The number of hydrogen-bond acceptors (Lipinski definition) is 3. The lowest BCUT2D eigenvalue weighted by atomic mass is 10.0. The van der Waals surface area contributed by atoms with Gasteiger partial charge in [-0.25, -0.2) is 4.79 Å². The minimum Gasteiger partial charge on any atom is -0.453 e. The number of carbonyl (C=O) groups is 1. The van der Waals surface area contributed by atoms with Crippen LogP contribution in [-0.4, -0.2) is 55.2 Å². The fraction of sp³-hybridized carbons (Fsp3) is 0.900. The summed E-state index contributed by atoms with van der Waals surface area (Å²) in [5.74, 6) is 0. The molecule has 4 heteroatoms. The molecule has 2 heterocycles. The third kappa shape index (κ3) is 1.85. The summed E-state index contributed by atoms with van der Waals surface area (Å²) in [5.41, 5.74) is 0. The van der Waals surface area contributed by atoms with Gasteiger partial charge in [0.2, 0.25) is 0 Å². The van der Waals surface area contributed by atoms with E-state index in [0.29, 0.717) is 6.04 Å². The smallest absolute Gasteiger partial charge is 0.409 e. The molecule has 0 aliphatic carbocycles. The summed E-state index contributed by atoms with van der Waals surface area (Å²) in [6.45, 7) is 4.12. The van der Waals surface area contributed by atoms with Crippen LogP contribution in [0.5, 0.6) is 0 Å². The van der Waals surface area contributed by atoms with Gasteiger partial charge in [0.1, 0.15) is 0 Å². The SMILES string of the molecule is COC(=O)N1CC(N2CCCCC2)C1. The van der Waals surface area contributed by atoms with Crippen molar-refractivity contribution in [2.75, 3.05) is 33.3 Å². The second-order valence-electron chi connectivity index (χ2n) is 4.13. The standard InChI is InChI=1S/C10H18N2O2/c1-14-10(13)12-7-9(8-12)11-5-3-2-4-6-11/h9H,2-8H2,1H3. The zero-order valence-electron chi connectivity index (χ0n) is 8.74. The van der Waals surface area contributed by atoms with Gasteiger partial charge in [0, 0.05) is 19.1 Å². The quantitative estimate of drug-likeness (QED) is 0.628. The Labute approximate surface area is 84.8 Å². The van der Waals surface area contributed by atoms with Gasteiger partial charge in [-0.05, 0) is 25.9 Å². The summed E-state index contributed by atoms with van der Waals surface area (Å²) in [6.07, 6.45) is 3.81. The first-order valence-corrected chi connectivity index (χ1v) is 5.38. The molecule has 4 nitrogen and oxygen atoms in total. The normalized spacial score (nSPS) is 24.5. The summed E-state index contributed by atoms with van der Waals surface area (Å²) in [6, 6.07) is 0.592. The molecule has 0 aromatic heterocycles. The number of rotatable bonds is 1. The fourth-order valence-electron chi connectivity index (χ4n) is 2.25. The summed E-state index contributed by atoms with van der Waals surface area (Å²) in [5, 5.41) is 0. The van der Waals surface area contributed by atoms with Crippen LogP contribution in [0.1, 0.15) is 19.3 Å². The van der Waals surface area contributed by atoms with Crippen molar-refractivity contribution in [2.24, 2.45) is 0 Å². The minimum atomic E-state index is -0.182. The van der Waals surface area contributed by atoms with E-state index in [2.05, 4.69) is 9.64 Å². The molecule has 0 aromatic carbocycles. The second-order valence-corrected chi connectivity index (χ2v) is 4.13. The highest BCUT2D eigenvalue weighted by atomic mass is 16.5. The lowest BCUT2D eigenvalue weighted by Gasteiger charge is -2.45. The van der Waals surface area contributed by atoms with Crippen LogP contribution in [0.3, 0.4) is 0 Å². The summed E-state index contributed by atoms with van der Waals surface area (Å²) in [4.78, 5) is 15.4. The molecule has 2 saturated heterocycles. The van der Waals surface area contributed by atoms with Crippen LogP contribution in [0.15, 0.2) is 0 Å². The van der Waals surface area contributed by atoms with Crippen LogP contribution in [0.2, 0.25) is 0 Å². The predicted molar refractivity (Wildman–Crippen MR) is 53.2 cm³/mol. The van der Waals surface area contributed by atoms with Gasteiger partial charge in [0.15, 0.2) is 0 Å². The Morgan fingerprint density at radius 1 is 1.21 bits per heavy atom. The van der Waals surface area contributed by atoms with Crippen molar-refractivity contribution in [1.82, 2.24) is 9.80 Å². The van der Waals surface area contributed by atoms with Gasteiger partial charge in [-0.15, -0.1) is 0 Å². The highest BCUT2D eigenvalue weighted by Gasteiger charge is 2.35. The highest BCUT2D eigenvalue weighted by Crippen LogP contribution is 2.19. The van der Waals surface area contributed by atoms with Crippen molar-refractivity contribution in [3.8, 4) is 0 Å². The van der Waals surface area contributed by atoms with Gasteiger partial charge in [0.25, 0.3) is 0 Å². The van der Waals surface area contributed by atoms with E-state index in [4.69, 9.17) is 0 Å². The number of nitrogens with zero attached hydrogens (tertiary/aromatic N) is 2. The highest BCUT2D eigenvalue weighted by molar-refractivity contribution is 5.68. The molecule has 0 atom stereocenters. The molecule has 0 aromatic rings. The Morgan fingerprint density at radius 2 is 1.86 bits per heavy atom. The topological polar surface area (TPSA) is 32.8 Å². The van der Waals surface area contributed by atoms with Crippen molar-refractivity contribution >= 4 is 6.09 Å². The first kappa shape index (κ1) is 9.77. The third-order valence-electron chi connectivity index (χ3n) is 3.20. The molecule has 0 spiro atoms. The number of methoxy groups -OCH3 is 1. The van der Waals surface area contributed by atoms with E-state index in [-0.39, 0.29) is 6.09 Å². The molecule has 2 aliphatic heterocycles. The van der Waals surface area contributed by atoms with E-state index < -0.39 is 0 Å². The van der Waals surface area contributed by atoms with E-state index in [1.807, 2.05) is 0 Å². The first-order chi connectivity index (χ1) is 6.81. The molecule has 0 saturated carbocycles. The summed E-state index contributed by atoms with van der Waals surface area (Å²) in [7, 11) is 1.44. The molecule has 80 valence electrons. The molecule has 2 rings (SSSR count). The van der Waals surface area contributed by atoms with Crippen molar-refractivity contribution < 1.29 is 9.53 Å². The molecule has 0 N–H and O–H groups in total. The number of piperidine rings is 1. The molecule has 2 fully saturated rings. The van der Waals surface area contributed by atoms with Gasteiger partial charge in [-0.1, -0.05) is 6.42 Å². The van der Waals surface area contributed by atoms with Crippen molar-refractivity contribution in [3.05, 3.63) is 0 Å². The molecule has 2 aliphatic rings. The maximum atomic E-state index is 11.1. The Balaban J connectivity index is 1.73. The van der Waals surface area contributed by atoms with Crippen LogP contribution in [0.25, 0.3) is 0 Å². The van der Waals surface area contributed by atoms with Crippen LogP contribution in [-0.2, 0) is 4.74 Å². The molecule has 14 heavy (non-hydrogen) atoms. The number of ether oxygens (including phenoxy) is 1. The lowest BCUT2D eigenvalue weighted by molar-refractivity contribution is 0.0213. The zero-order valence-corrected chi connectivity index (χ0v) is 8.74. The third-order valence-corrected chi connectivity index (χ3v) is 3.20. The van der Waals surface area contributed by atoms with Gasteiger partial charge >= 0.3 is 6.09 Å². The molecular formula is C10H18N2O2. The van der Waals surface area contributed by atoms with E-state index in [1.54, 1.807) is 4.90 Å². The average molecular weight is 198 g/mol. The first-order valence-electron chi connectivity index (χ1n) is 5.38. The van der Waals surface area contributed by atoms with Crippen molar-refractivity contribution in [3.63, 3.8) is 0 Å². The van der Waals surface area contributed by atoms with E-state index in [9.17, 15) is 4.79 Å². The van der Waals surface area contributed by atoms with E-state index >= 15 is 0 Å². The Kier molecular flexibility index (Phi) is 2.91. The fourth-order valence-corrected chi connectivity index (χ4v) is 2.25. The van der Waals surface area contributed by atoms with Crippen molar-refractivity contribution in [2.45, 2.75) is 25.3 Å². The number of likely N-dealkylation sites (tertiary alicyclic amines) is 2. The maximum Gasteiger partial charge on any atom is 0.409 e. The number of amides is 1. The van der Waals surface area contributed by atoms with Crippen LogP contribution in [0, 0.1) is 0 Å².